The summed E-state index contributed by atoms with van der Waals surface area (Å²) in [6, 6.07) is 6.34. The SMILES string of the molecule is S=c1nn[nH]n1-c1cccc2c1CCCC2. The van der Waals surface area contributed by atoms with Gasteiger partial charge in [-0.15, -0.1) is 0 Å². The van der Waals surface area contributed by atoms with Crippen LogP contribution < -0.4 is 0 Å². The number of fused-ring (bicyclic) bond motifs is 1. The molecule has 1 heterocycles. The summed E-state index contributed by atoms with van der Waals surface area (Å²) >= 11 is 5.13. The van der Waals surface area contributed by atoms with Gasteiger partial charge in [0.05, 0.1) is 5.69 Å². The van der Waals surface area contributed by atoms with Gasteiger partial charge in [-0.3, -0.25) is 0 Å². The van der Waals surface area contributed by atoms with Gasteiger partial charge in [-0.25, -0.2) is 4.68 Å². The molecule has 16 heavy (non-hydrogen) atoms. The molecule has 0 saturated carbocycles. The van der Waals surface area contributed by atoms with Crippen molar-refractivity contribution in [1.82, 2.24) is 20.2 Å². The van der Waals surface area contributed by atoms with Crippen LogP contribution in [-0.2, 0) is 12.8 Å². The molecule has 1 N–H and O–H groups in total. The zero-order valence-electron chi connectivity index (χ0n) is 8.81. The maximum absolute atomic E-state index is 5.13. The zero-order chi connectivity index (χ0) is 11.0. The molecule has 3 rings (SSSR count). The van der Waals surface area contributed by atoms with Gasteiger partial charge in [0.25, 0.3) is 0 Å². The van der Waals surface area contributed by atoms with E-state index in [-0.39, 0.29) is 0 Å². The van der Waals surface area contributed by atoms with Gasteiger partial charge in [0.15, 0.2) is 0 Å². The van der Waals surface area contributed by atoms with Crippen LogP contribution in [-0.4, -0.2) is 20.2 Å². The standard InChI is InChI=1S/C11H12N4S/c16-11-12-13-14-15(11)10-7-3-5-8-4-1-2-6-9(8)10/h3,5,7H,1-2,4,6H2,(H,12,14,16). The lowest BCUT2D eigenvalue weighted by atomic mass is 9.90. The Balaban J connectivity index is 2.21. The van der Waals surface area contributed by atoms with Crippen LogP contribution in [0.4, 0.5) is 0 Å². The van der Waals surface area contributed by atoms with Crippen LogP contribution in [0, 0.1) is 4.77 Å². The van der Waals surface area contributed by atoms with E-state index in [1.807, 2.05) is 0 Å². The largest absolute Gasteiger partial charge is 0.242 e. The maximum Gasteiger partial charge on any atom is 0.242 e. The third-order valence-corrected chi connectivity index (χ3v) is 3.35. The summed E-state index contributed by atoms with van der Waals surface area (Å²) in [5, 5.41) is 10.4. The topological polar surface area (TPSA) is 46.5 Å². The Morgan fingerprint density at radius 2 is 2.12 bits per heavy atom. The van der Waals surface area contributed by atoms with E-state index in [1.165, 1.54) is 24.0 Å². The molecule has 82 valence electrons. The summed E-state index contributed by atoms with van der Waals surface area (Å²) in [4.78, 5) is 0. The quantitative estimate of drug-likeness (QED) is 0.767. The Morgan fingerprint density at radius 1 is 1.25 bits per heavy atom. The molecule has 0 spiro atoms. The Bertz CT molecular complexity index is 569. The van der Waals surface area contributed by atoms with Gasteiger partial charge in [0.2, 0.25) is 4.77 Å². The predicted molar refractivity (Wildman–Crippen MR) is 63.2 cm³/mol. The highest BCUT2D eigenvalue weighted by Gasteiger charge is 2.14. The number of nitrogens with zero attached hydrogens (tertiary/aromatic N) is 3. The van der Waals surface area contributed by atoms with Crippen LogP contribution >= 0.6 is 12.2 Å². The van der Waals surface area contributed by atoms with Crippen LogP contribution in [0.25, 0.3) is 5.69 Å². The van der Waals surface area contributed by atoms with Gasteiger partial charge in [-0.05, 0) is 55.1 Å². The lowest BCUT2D eigenvalue weighted by Crippen LogP contribution is -2.09. The molecule has 0 atom stereocenters. The summed E-state index contributed by atoms with van der Waals surface area (Å²) in [6.07, 6.45) is 4.81. The third kappa shape index (κ3) is 1.48. The summed E-state index contributed by atoms with van der Waals surface area (Å²) in [7, 11) is 0. The maximum atomic E-state index is 5.13. The fourth-order valence-corrected chi connectivity index (χ4v) is 2.50. The number of aromatic nitrogens is 4. The number of benzene rings is 1. The van der Waals surface area contributed by atoms with E-state index >= 15 is 0 Å². The number of aryl methyl sites for hydroxylation is 1. The van der Waals surface area contributed by atoms with Crippen molar-refractivity contribution in [3.63, 3.8) is 0 Å². The average molecular weight is 232 g/mol. The molecule has 1 aromatic carbocycles. The minimum absolute atomic E-state index is 0.485. The number of rotatable bonds is 1. The molecule has 4 nitrogen and oxygen atoms in total. The molecule has 1 aliphatic rings. The molecule has 1 aromatic heterocycles. The van der Waals surface area contributed by atoms with E-state index in [4.69, 9.17) is 12.2 Å². The van der Waals surface area contributed by atoms with Gasteiger partial charge in [0.1, 0.15) is 0 Å². The fourth-order valence-electron chi connectivity index (χ4n) is 2.32. The monoisotopic (exact) mass is 232 g/mol. The summed E-state index contributed by atoms with van der Waals surface area (Å²) in [5.74, 6) is 0. The van der Waals surface area contributed by atoms with Crippen molar-refractivity contribution in [2.75, 3.05) is 0 Å². The van der Waals surface area contributed by atoms with Crippen molar-refractivity contribution in [2.24, 2.45) is 0 Å². The van der Waals surface area contributed by atoms with Crippen LogP contribution in [0.3, 0.4) is 0 Å². The minimum Gasteiger partial charge on any atom is -0.209 e. The lowest BCUT2D eigenvalue weighted by molar-refractivity contribution is 0.672. The molecular weight excluding hydrogens is 220 g/mol. The Kier molecular flexibility index (Phi) is 2.32. The number of hydrogen-bond donors (Lipinski definition) is 1. The third-order valence-electron chi connectivity index (χ3n) is 3.08. The number of H-pyrrole nitrogens is 1. The number of hydrogen-bond acceptors (Lipinski definition) is 3. The summed E-state index contributed by atoms with van der Waals surface area (Å²) in [5.41, 5.74) is 3.92. The number of aromatic amines is 1. The molecule has 0 radical (unpaired) electrons. The molecule has 5 heteroatoms. The highest BCUT2D eigenvalue weighted by molar-refractivity contribution is 7.71. The highest BCUT2D eigenvalue weighted by Crippen LogP contribution is 2.26. The first-order chi connectivity index (χ1) is 7.86. The summed E-state index contributed by atoms with van der Waals surface area (Å²) in [6.45, 7) is 0. The van der Waals surface area contributed by atoms with Gasteiger partial charge in [-0.2, -0.15) is 5.21 Å². The van der Waals surface area contributed by atoms with Gasteiger partial charge in [-0.1, -0.05) is 22.4 Å². The lowest BCUT2D eigenvalue weighted by Gasteiger charge is -2.18. The second-order valence-corrected chi connectivity index (χ2v) is 4.41. The zero-order valence-corrected chi connectivity index (χ0v) is 9.63. The first-order valence-corrected chi connectivity index (χ1v) is 5.88. The molecule has 1 aliphatic carbocycles. The van der Waals surface area contributed by atoms with E-state index in [0.29, 0.717) is 4.77 Å². The van der Waals surface area contributed by atoms with E-state index in [9.17, 15) is 0 Å². The smallest absolute Gasteiger partial charge is 0.209 e. The first kappa shape index (κ1) is 9.72. The molecule has 0 amide bonds. The summed E-state index contributed by atoms with van der Waals surface area (Å²) < 4.78 is 2.26. The van der Waals surface area contributed by atoms with Gasteiger partial charge >= 0.3 is 0 Å². The second-order valence-electron chi connectivity index (χ2n) is 4.04. The molecule has 0 bridgehead atoms. The Morgan fingerprint density at radius 3 is 2.94 bits per heavy atom. The molecule has 0 saturated heterocycles. The second kappa shape index (κ2) is 3.83. The van der Waals surface area contributed by atoms with Crippen molar-refractivity contribution >= 4 is 12.2 Å². The van der Waals surface area contributed by atoms with Crippen LogP contribution in [0.2, 0.25) is 0 Å². The van der Waals surface area contributed by atoms with Gasteiger partial charge < -0.3 is 0 Å². The Labute approximate surface area is 98.3 Å². The molecule has 0 unspecified atom stereocenters. The molecule has 2 aromatic rings. The number of nitrogens with one attached hydrogen (secondary N) is 1. The number of tetrazole rings is 1. The van der Waals surface area contributed by atoms with Crippen LogP contribution in [0.15, 0.2) is 18.2 Å². The Hall–Kier alpha value is -1.49. The van der Waals surface area contributed by atoms with Crippen molar-refractivity contribution in [2.45, 2.75) is 25.7 Å². The minimum atomic E-state index is 0.485. The van der Waals surface area contributed by atoms with Crippen molar-refractivity contribution < 1.29 is 0 Å². The van der Waals surface area contributed by atoms with Gasteiger partial charge in [0, 0.05) is 0 Å². The normalized spacial score (nSPS) is 14.8. The van der Waals surface area contributed by atoms with E-state index in [0.717, 1.165) is 18.5 Å². The van der Waals surface area contributed by atoms with Crippen molar-refractivity contribution in [1.29, 1.82) is 0 Å². The van der Waals surface area contributed by atoms with E-state index in [2.05, 4.69) is 33.7 Å². The highest BCUT2D eigenvalue weighted by atomic mass is 32.1. The predicted octanol–water partition coefficient (Wildman–Crippen LogP) is 2.20. The molecule has 0 aliphatic heterocycles. The first-order valence-electron chi connectivity index (χ1n) is 5.47. The van der Waals surface area contributed by atoms with Crippen LogP contribution in [0.1, 0.15) is 24.0 Å². The van der Waals surface area contributed by atoms with Crippen LogP contribution in [0.5, 0.6) is 0 Å². The van der Waals surface area contributed by atoms with Crippen molar-refractivity contribution in [3.8, 4) is 5.69 Å². The van der Waals surface area contributed by atoms with E-state index in [1.54, 1.807) is 4.68 Å². The average Bonchev–Trinajstić information content (AvgIpc) is 2.75. The van der Waals surface area contributed by atoms with Crippen molar-refractivity contribution in [3.05, 3.63) is 34.1 Å². The fraction of sp³-hybridized carbons (Fsp3) is 0.364. The molecule has 0 fully saturated rings. The molecular formula is C11H12N4S. The van der Waals surface area contributed by atoms with E-state index < -0.39 is 0 Å².